The molecule has 1 aliphatic rings. The molecule has 96 valence electrons. The number of hydrogen-bond acceptors (Lipinski definition) is 2. The molecule has 1 fully saturated rings. The van der Waals surface area contributed by atoms with Crippen molar-refractivity contribution in [3.63, 3.8) is 0 Å². The second-order valence-electron chi connectivity index (χ2n) is 5.16. The van der Waals surface area contributed by atoms with Gasteiger partial charge in [-0.2, -0.15) is 0 Å². The maximum absolute atomic E-state index is 11.5. The maximum atomic E-state index is 11.5. The predicted octanol–water partition coefficient (Wildman–Crippen LogP) is 2.09. The summed E-state index contributed by atoms with van der Waals surface area (Å²) in [4.78, 5) is 11.5. The Bertz CT molecular complexity index is 219. The second-order valence-corrected chi connectivity index (χ2v) is 5.16. The smallest absolute Gasteiger partial charge is 0.236 e. The molecule has 0 aromatic rings. The van der Waals surface area contributed by atoms with E-state index >= 15 is 0 Å². The first kappa shape index (κ1) is 15.7. The van der Waals surface area contributed by atoms with E-state index in [1.807, 2.05) is 0 Å². The molecule has 0 aliphatic heterocycles. The molecular weight excluding hydrogens is 224 g/mol. The maximum Gasteiger partial charge on any atom is 0.236 e. The summed E-state index contributed by atoms with van der Waals surface area (Å²) < 4.78 is 0. The van der Waals surface area contributed by atoms with Gasteiger partial charge >= 0.3 is 0 Å². The van der Waals surface area contributed by atoms with Gasteiger partial charge in [0.25, 0.3) is 0 Å². The third-order valence-corrected chi connectivity index (χ3v) is 3.42. The SMILES string of the molecule is CC(N)C(=O)NC1CCCC(C(C)C)C1.Cl. The lowest BCUT2D eigenvalue weighted by molar-refractivity contribution is -0.123. The molecule has 3 atom stereocenters. The number of halogens is 1. The minimum atomic E-state index is -0.385. The standard InChI is InChI=1S/C12H24N2O.ClH/c1-8(2)10-5-4-6-11(7-10)14-12(15)9(3)13;/h8-11H,4-7,13H2,1-3H3,(H,14,15);1H. The van der Waals surface area contributed by atoms with Crippen molar-refractivity contribution >= 4 is 18.3 Å². The van der Waals surface area contributed by atoms with Crippen molar-refractivity contribution in [2.45, 2.75) is 58.5 Å². The first-order valence-electron chi connectivity index (χ1n) is 6.06. The molecule has 0 aromatic carbocycles. The summed E-state index contributed by atoms with van der Waals surface area (Å²) in [6.07, 6.45) is 4.77. The van der Waals surface area contributed by atoms with Gasteiger partial charge in [0, 0.05) is 6.04 Å². The van der Waals surface area contributed by atoms with Crippen molar-refractivity contribution < 1.29 is 4.79 Å². The van der Waals surface area contributed by atoms with E-state index in [0.29, 0.717) is 6.04 Å². The predicted molar refractivity (Wildman–Crippen MR) is 69.6 cm³/mol. The van der Waals surface area contributed by atoms with Crippen LogP contribution in [0.25, 0.3) is 0 Å². The molecule has 0 saturated heterocycles. The van der Waals surface area contributed by atoms with Crippen LogP contribution in [0.15, 0.2) is 0 Å². The first-order valence-corrected chi connectivity index (χ1v) is 6.06. The Hall–Kier alpha value is -0.280. The molecule has 1 aliphatic carbocycles. The Morgan fingerprint density at radius 3 is 2.44 bits per heavy atom. The fraction of sp³-hybridized carbons (Fsp3) is 0.917. The number of rotatable bonds is 3. The Balaban J connectivity index is 0.00000225. The number of nitrogens with one attached hydrogen (secondary N) is 1. The fourth-order valence-corrected chi connectivity index (χ4v) is 2.30. The van der Waals surface area contributed by atoms with Crippen LogP contribution in [-0.2, 0) is 4.79 Å². The van der Waals surface area contributed by atoms with Gasteiger partial charge in [-0.05, 0) is 31.6 Å². The van der Waals surface area contributed by atoms with Gasteiger partial charge in [0.15, 0.2) is 0 Å². The minimum Gasteiger partial charge on any atom is -0.352 e. The summed E-state index contributed by atoms with van der Waals surface area (Å²) in [6.45, 7) is 6.26. The van der Waals surface area contributed by atoms with Gasteiger partial charge in [-0.3, -0.25) is 4.79 Å². The number of amides is 1. The molecule has 0 radical (unpaired) electrons. The summed E-state index contributed by atoms with van der Waals surface area (Å²) in [7, 11) is 0. The largest absolute Gasteiger partial charge is 0.352 e. The normalized spacial score (nSPS) is 27.1. The van der Waals surface area contributed by atoms with Gasteiger partial charge in [-0.1, -0.05) is 26.7 Å². The topological polar surface area (TPSA) is 55.1 Å². The van der Waals surface area contributed by atoms with Gasteiger partial charge in [-0.15, -0.1) is 12.4 Å². The summed E-state index contributed by atoms with van der Waals surface area (Å²) in [5.74, 6) is 1.47. The Morgan fingerprint density at radius 2 is 1.94 bits per heavy atom. The molecule has 1 amide bonds. The van der Waals surface area contributed by atoms with Crippen LogP contribution in [-0.4, -0.2) is 18.0 Å². The van der Waals surface area contributed by atoms with Gasteiger partial charge < -0.3 is 11.1 Å². The lowest BCUT2D eigenvalue weighted by atomic mass is 9.79. The van der Waals surface area contributed by atoms with Gasteiger partial charge in [0.1, 0.15) is 0 Å². The van der Waals surface area contributed by atoms with E-state index in [1.54, 1.807) is 6.92 Å². The molecule has 3 unspecified atom stereocenters. The average Bonchev–Trinajstić information content (AvgIpc) is 2.18. The molecule has 16 heavy (non-hydrogen) atoms. The molecule has 3 N–H and O–H groups in total. The quantitative estimate of drug-likeness (QED) is 0.804. The second kappa shape index (κ2) is 7.13. The van der Waals surface area contributed by atoms with Crippen molar-refractivity contribution in [3.8, 4) is 0 Å². The third kappa shape index (κ3) is 4.71. The third-order valence-electron chi connectivity index (χ3n) is 3.42. The van der Waals surface area contributed by atoms with Crippen LogP contribution in [0.5, 0.6) is 0 Å². The van der Waals surface area contributed by atoms with Crippen LogP contribution in [0.3, 0.4) is 0 Å². The van der Waals surface area contributed by atoms with E-state index in [4.69, 9.17) is 5.73 Å². The van der Waals surface area contributed by atoms with Crippen LogP contribution in [0.1, 0.15) is 46.5 Å². The van der Waals surface area contributed by atoms with Crippen LogP contribution >= 0.6 is 12.4 Å². The van der Waals surface area contributed by atoms with E-state index in [9.17, 15) is 4.79 Å². The van der Waals surface area contributed by atoms with E-state index in [1.165, 1.54) is 12.8 Å². The van der Waals surface area contributed by atoms with E-state index in [-0.39, 0.29) is 24.4 Å². The highest BCUT2D eigenvalue weighted by Crippen LogP contribution is 2.29. The number of nitrogens with two attached hydrogens (primary N) is 1. The highest BCUT2D eigenvalue weighted by molar-refractivity contribution is 5.85. The van der Waals surface area contributed by atoms with Crippen LogP contribution in [0, 0.1) is 11.8 Å². The molecule has 0 heterocycles. The lowest BCUT2D eigenvalue weighted by Gasteiger charge is -2.32. The highest BCUT2D eigenvalue weighted by atomic mass is 35.5. The summed E-state index contributed by atoms with van der Waals surface area (Å²) >= 11 is 0. The van der Waals surface area contributed by atoms with Crippen molar-refractivity contribution in [1.29, 1.82) is 0 Å². The molecule has 0 aromatic heterocycles. The molecule has 1 rings (SSSR count). The lowest BCUT2D eigenvalue weighted by Crippen LogP contribution is -2.45. The monoisotopic (exact) mass is 248 g/mol. The number of hydrogen-bond donors (Lipinski definition) is 2. The Kier molecular flexibility index (Phi) is 7.00. The molecule has 4 heteroatoms. The zero-order chi connectivity index (χ0) is 11.4. The molecular formula is C12H25ClN2O. The molecule has 1 saturated carbocycles. The number of carbonyl (C=O) groups excluding carboxylic acids is 1. The zero-order valence-corrected chi connectivity index (χ0v) is 11.3. The zero-order valence-electron chi connectivity index (χ0n) is 10.5. The minimum absolute atomic E-state index is 0. The van der Waals surface area contributed by atoms with Gasteiger partial charge in [-0.25, -0.2) is 0 Å². The summed E-state index contributed by atoms with van der Waals surface area (Å²) in [6, 6.07) is -0.0333. The van der Waals surface area contributed by atoms with Crippen molar-refractivity contribution in [2.24, 2.45) is 17.6 Å². The van der Waals surface area contributed by atoms with Gasteiger partial charge in [0.05, 0.1) is 6.04 Å². The average molecular weight is 249 g/mol. The molecule has 0 bridgehead atoms. The highest BCUT2D eigenvalue weighted by Gasteiger charge is 2.25. The first-order chi connectivity index (χ1) is 7.00. The Labute approximate surface area is 105 Å². The van der Waals surface area contributed by atoms with Crippen LogP contribution < -0.4 is 11.1 Å². The van der Waals surface area contributed by atoms with Crippen molar-refractivity contribution in [3.05, 3.63) is 0 Å². The van der Waals surface area contributed by atoms with Crippen LogP contribution in [0.4, 0.5) is 0 Å². The van der Waals surface area contributed by atoms with E-state index in [2.05, 4.69) is 19.2 Å². The van der Waals surface area contributed by atoms with Gasteiger partial charge in [0.2, 0.25) is 5.91 Å². The molecule has 0 spiro atoms. The Morgan fingerprint density at radius 1 is 1.31 bits per heavy atom. The number of carbonyl (C=O) groups is 1. The summed E-state index contributed by atoms with van der Waals surface area (Å²) in [5, 5.41) is 3.04. The molecule has 3 nitrogen and oxygen atoms in total. The van der Waals surface area contributed by atoms with Crippen molar-refractivity contribution in [1.82, 2.24) is 5.32 Å². The summed E-state index contributed by atoms with van der Waals surface area (Å²) in [5.41, 5.74) is 5.54. The van der Waals surface area contributed by atoms with Crippen LogP contribution in [0.2, 0.25) is 0 Å². The fourth-order valence-electron chi connectivity index (χ4n) is 2.30. The van der Waals surface area contributed by atoms with E-state index < -0.39 is 0 Å². The van der Waals surface area contributed by atoms with Crippen molar-refractivity contribution in [2.75, 3.05) is 0 Å². The van der Waals surface area contributed by atoms with E-state index in [0.717, 1.165) is 24.7 Å².